The Balaban J connectivity index is 0.000000375. The number of hydrogen-bond donors (Lipinski definition) is 2. The van der Waals surface area contributed by atoms with E-state index in [1.807, 2.05) is 98.0 Å². The van der Waals surface area contributed by atoms with Gasteiger partial charge in [-0.15, -0.1) is 11.3 Å². The zero-order valence-corrected chi connectivity index (χ0v) is 20.8. The van der Waals surface area contributed by atoms with E-state index < -0.39 is 11.5 Å². The molecule has 1 fully saturated rings. The Kier molecular flexibility index (Phi) is 8.10. The summed E-state index contributed by atoms with van der Waals surface area (Å²) >= 11 is 1.21. The Bertz CT molecular complexity index is 1180. The normalized spacial score (nSPS) is 13.1. The summed E-state index contributed by atoms with van der Waals surface area (Å²) in [4.78, 5) is 35.2. The van der Waals surface area contributed by atoms with Gasteiger partial charge in [0.1, 0.15) is 5.69 Å². The fourth-order valence-electron chi connectivity index (χ4n) is 4.05. The number of nitrogens with one attached hydrogen (secondary N) is 1. The van der Waals surface area contributed by atoms with Crippen LogP contribution in [-0.4, -0.2) is 35.3 Å². The highest BCUT2D eigenvalue weighted by atomic mass is 32.1. The molecule has 0 unspecified atom stereocenters. The highest BCUT2D eigenvalue weighted by Gasteiger charge is 2.39. The van der Waals surface area contributed by atoms with Crippen molar-refractivity contribution in [1.29, 1.82) is 0 Å². The number of hydrogen-bond acceptors (Lipinski definition) is 6. The molecule has 4 aromatic rings. The van der Waals surface area contributed by atoms with Gasteiger partial charge in [-0.25, -0.2) is 10.5 Å². The molecule has 3 aromatic carbocycles. The molecule has 2 heterocycles. The summed E-state index contributed by atoms with van der Waals surface area (Å²) in [5.74, 6) is -0.162. The van der Waals surface area contributed by atoms with Crippen LogP contribution < -0.4 is 11.2 Å². The summed E-state index contributed by atoms with van der Waals surface area (Å²) in [7, 11) is 1.84. The molecule has 1 aromatic heterocycles. The third-order valence-electron chi connectivity index (χ3n) is 5.90. The molecule has 36 heavy (non-hydrogen) atoms. The maximum absolute atomic E-state index is 12.7. The number of likely N-dealkylation sites (tertiary alicyclic amines) is 1. The number of carbonyl (C=O) groups is 2. The Morgan fingerprint density at radius 2 is 1.44 bits per heavy atom. The van der Waals surface area contributed by atoms with Gasteiger partial charge in [0.2, 0.25) is 5.91 Å². The molecule has 0 aliphatic carbocycles. The van der Waals surface area contributed by atoms with Crippen LogP contribution >= 0.6 is 11.3 Å². The Morgan fingerprint density at radius 3 is 1.78 bits per heavy atom. The predicted octanol–water partition coefficient (Wildman–Crippen LogP) is 4.62. The quantitative estimate of drug-likeness (QED) is 0.297. The standard InChI is InChI=1S/C23H19N3O2S.C5H9NO/c24-22-25-20(16-29-22)21(27)26-28-23(17-10-4-1-5-11-17,18-12-6-2-7-13-18)19-14-8-3-9-15-19;1-6-4-2-3-5(6)7/h1-16H,(H2,24,25)(H,26,27);2-4H2,1H3. The molecule has 7 nitrogen and oxygen atoms in total. The number of benzene rings is 3. The average molecular weight is 501 g/mol. The maximum atomic E-state index is 12.7. The summed E-state index contributed by atoms with van der Waals surface area (Å²) < 4.78 is 0. The fourth-order valence-corrected chi connectivity index (χ4v) is 4.59. The number of nitrogens with two attached hydrogens (primary N) is 1. The van der Waals surface area contributed by atoms with E-state index >= 15 is 0 Å². The average Bonchev–Trinajstić information content (AvgIpc) is 3.53. The number of hydroxylamine groups is 1. The number of carbonyl (C=O) groups excluding carboxylic acids is 2. The molecule has 0 saturated carbocycles. The van der Waals surface area contributed by atoms with Gasteiger partial charge in [0.25, 0.3) is 5.91 Å². The van der Waals surface area contributed by atoms with Crippen molar-refractivity contribution in [3.05, 3.63) is 119 Å². The van der Waals surface area contributed by atoms with E-state index in [9.17, 15) is 9.59 Å². The number of thiazole rings is 1. The van der Waals surface area contributed by atoms with Gasteiger partial charge in [0, 0.05) is 25.4 Å². The summed E-state index contributed by atoms with van der Waals surface area (Å²) in [6, 6.07) is 29.4. The molecule has 1 saturated heterocycles. The van der Waals surface area contributed by atoms with Gasteiger partial charge in [-0.05, 0) is 23.1 Å². The molecule has 2 amide bonds. The summed E-state index contributed by atoms with van der Waals surface area (Å²) in [5.41, 5.74) is 10.1. The molecule has 3 N–H and O–H groups in total. The number of rotatable bonds is 6. The minimum absolute atomic E-state index is 0.218. The van der Waals surface area contributed by atoms with Crippen LogP contribution in [0.4, 0.5) is 5.13 Å². The lowest BCUT2D eigenvalue weighted by molar-refractivity contribution is -0.126. The zero-order chi connectivity index (χ0) is 25.4. The van der Waals surface area contributed by atoms with Crippen LogP contribution in [0.1, 0.15) is 40.0 Å². The molecule has 184 valence electrons. The monoisotopic (exact) mass is 500 g/mol. The van der Waals surface area contributed by atoms with E-state index in [0.717, 1.165) is 36.1 Å². The maximum Gasteiger partial charge on any atom is 0.294 e. The van der Waals surface area contributed by atoms with Crippen molar-refractivity contribution in [2.24, 2.45) is 0 Å². The molecule has 1 aliphatic rings. The Morgan fingerprint density at radius 1 is 0.944 bits per heavy atom. The van der Waals surface area contributed by atoms with Crippen LogP contribution in [0.5, 0.6) is 0 Å². The Labute approximate surface area is 214 Å². The second kappa shape index (κ2) is 11.6. The van der Waals surface area contributed by atoms with Crippen molar-refractivity contribution < 1.29 is 14.4 Å². The van der Waals surface area contributed by atoms with Gasteiger partial charge in [-0.1, -0.05) is 91.0 Å². The number of nitrogen functional groups attached to an aromatic ring is 1. The van der Waals surface area contributed by atoms with E-state index in [-0.39, 0.29) is 5.69 Å². The SMILES string of the molecule is CN1CCCC1=O.Nc1nc(C(=O)NOC(c2ccccc2)(c2ccccc2)c2ccccc2)cs1. The summed E-state index contributed by atoms with van der Waals surface area (Å²) in [6.07, 6.45) is 1.81. The number of anilines is 1. The highest BCUT2D eigenvalue weighted by Crippen LogP contribution is 2.39. The van der Waals surface area contributed by atoms with Crippen LogP contribution in [0.3, 0.4) is 0 Å². The van der Waals surface area contributed by atoms with Gasteiger partial charge in [-0.2, -0.15) is 0 Å². The lowest BCUT2D eigenvalue weighted by atomic mass is 9.80. The minimum Gasteiger partial charge on any atom is -0.375 e. The van der Waals surface area contributed by atoms with Crippen molar-refractivity contribution in [2.45, 2.75) is 18.4 Å². The second-order valence-corrected chi connectivity index (χ2v) is 9.19. The van der Waals surface area contributed by atoms with Gasteiger partial charge in [0.05, 0.1) is 0 Å². The lowest BCUT2D eigenvalue weighted by Crippen LogP contribution is -2.40. The zero-order valence-electron chi connectivity index (χ0n) is 20.0. The first-order chi connectivity index (χ1) is 17.5. The first-order valence-corrected chi connectivity index (χ1v) is 12.5. The van der Waals surface area contributed by atoms with Crippen molar-refractivity contribution in [3.63, 3.8) is 0 Å². The third kappa shape index (κ3) is 5.62. The molecule has 0 atom stereocenters. The van der Waals surface area contributed by atoms with Crippen molar-refractivity contribution in [1.82, 2.24) is 15.4 Å². The second-order valence-electron chi connectivity index (χ2n) is 8.30. The highest BCUT2D eigenvalue weighted by molar-refractivity contribution is 7.13. The molecule has 5 rings (SSSR count). The fraction of sp³-hybridized carbons (Fsp3) is 0.179. The molecule has 0 radical (unpaired) electrons. The first kappa shape index (κ1) is 25.1. The van der Waals surface area contributed by atoms with Gasteiger partial charge < -0.3 is 10.6 Å². The van der Waals surface area contributed by atoms with E-state index in [4.69, 9.17) is 10.6 Å². The number of nitrogens with zero attached hydrogens (tertiary/aromatic N) is 2. The van der Waals surface area contributed by atoms with Crippen LogP contribution in [0, 0.1) is 0 Å². The summed E-state index contributed by atoms with van der Waals surface area (Å²) in [5, 5.41) is 1.93. The van der Waals surface area contributed by atoms with Gasteiger partial charge >= 0.3 is 0 Å². The summed E-state index contributed by atoms with van der Waals surface area (Å²) in [6.45, 7) is 0.957. The lowest BCUT2D eigenvalue weighted by Gasteiger charge is -2.34. The van der Waals surface area contributed by atoms with Crippen molar-refractivity contribution in [3.8, 4) is 0 Å². The van der Waals surface area contributed by atoms with Crippen molar-refractivity contribution in [2.75, 3.05) is 19.3 Å². The van der Waals surface area contributed by atoms with Crippen LogP contribution in [0.25, 0.3) is 0 Å². The van der Waals surface area contributed by atoms with E-state index in [1.165, 1.54) is 11.3 Å². The predicted molar refractivity (Wildman–Crippen MR) is 141 cm³/mol. The number of amides is 2. The molecule has 0 spiro atoms. The van der Waals surface area contributed by atoms with Gasteiger partial charge in [-0.3, -0.25) is 14.4 Å². The number of aromatic nitrogens is 1. The van der Waals surface area contributed by atoms with Crippen LogP contribution in [-0.2, 0) is 15.2 Å². The van der Waals surface area contributed by atoms with Gasteiger partial charge in [0.15, 0.2) is 10.7 Å². The molecule has 8 heteroatoms. The molecular formula is C28H28N4O3S. The largest absolute Gasteiger partial charge is 0.375 e. The first-order valence-electron chi connectivity index (χ1n) is 11.6. The minimum atomic E-state index is -1.04. The van der Waals surface area contributed by atoms with Crippen LogP contribution in [0.2, 0.25) is 0 Å². The molecule has 1 aliphatic heterocycles. The Hall–Kier alpha value is -4.01. The van der Waals surface area contributed by atoms with E-state index in [2.05, 4.69) is 10.5 Å². The molecule has 0 bridgehead atoms. The van der Waals surface area contributed by atoms with Crippen molar-refractivity contribution >= 4 is 28.3 Å². The molecular weight excluding hydrogens is 472 g/mol. The third-order valence-corrected chi connectivity index (χ3v) is 6.58. The van der Waals surface area contributed by atoms with E-state index in [1.54, 1.807) is 10.3 Å². The topological polar surface area (TPSA) is 97.5 Å². The van der Waals surface area contributed by atoms with Crippen LogP contribution in [0.15, 0.2) is 96.4 Å². The smallest absolute Gasteiger partial charge is 0.294 e. The van der Waals surface area contributed by atoms with E-state index in [0.29, 0.717) is 11.0 Å².